The van der Waals surface area contributed by atoms with E-state index in [1.165, 1.54) is 18.2 Å². The van der Waals surface area contributed by atoms with Gasteiger partial charge < -0.3 is 5.32 Å². The standard InChI is InChI=1S/C12H16FIN2O2S/c13-9-4-5-12(11(14)7-9)16-19(17,18)8-10-3-1-2-6-15-10/h4-5,7,10,15-16H,1-3,6,8H2. The quantitative estimate of drug-likeness (QED) is 0.766. The Morgan fingerprint density at radius 3 is 2.84 bits per heavy atom. The summed E-state index contributed by atoms with van der Waals surface area (Å²) in [5.74, 6) is -0.318. The van der Waals surface area contributed by atoms with E-state index in [-0.39, 0.29) is 17.6 Å². The van der Waals surface area contributed by atoms with Gasteiger partial charge in [-0.2, -0.15) is 0 Å². The molecule has 1 fully saturated rings. The fraction of sp³-hybridized carbons (Fsp3) is 0.500. The van der Waals surface area contributed by atoms with Crippen LogP contribution >= 0.6 is 22.6 Å². The second-order valence-electron chi connectivity index (χ2n) is 4.65. The zero-order valence-corrected chi connectivity index (χ0v) is 13.3. The third-order valence-corrected chi connectivity index (χ3v) is 5.29. The van der Waals surface area contributed by atoms with E-state index in [4.69, 9.17) is 0 Å². The van der Waals surface area contributed by atoms with Crippen LogP contribution in [0.2, 0.25) is 0 Å². The highest BCUT2D eigenvalue weighted by molar-refractivity contribution is 14.1. The Morgan fingerprint density at radius 1 is 1.42 bits per heavy atom. The van der Waals surface area contributed by atoms with E-state index < -0.39 is 10.0 Å². The first-order valence-corrected chi connectivity index (χ1v) is 8.88. The Kier molecular flexibility index (Phi) is 5.02. The SMILES string of the molecule is O=S(=O)(CC1CCCCN1)Nc1ccc(F)cc1I. The molecule has 0 aliphatic carbocycles. The van der Waals surface area contributed by atoms with Crippen LogP contribution < -0.4 is 10.0 Å². The van der Waals surface area contributed by atoms with Gasteiger partial charge in [0, 0.05) is 9.61 Å². The van der Waals surface area contributed by atoms with Crippen LogP contribution in [-0.2, 0) is 10.0 Å². The molecule has 1 aliphatic heterocycles. The average molecular weight is 398 g/mol. The summed E-state index contributed by atoms with van der Waals surface area (Å²) in [5.41, 5.74) is 0.429. The van der Waals surface area contributed by atoms with Crippen molar-refractivity contribution in [2.24, 2.45) is 0 Å². The molecule has 1 aromatic rings. The Hall–Kier alpha value is -0.410. The summed E-state index contributed by atoms with van der Waals surface area (Å²) in [6.45, 7) is 0.869. The normalized spacial score (nSPS) is 20.2. The molecule has 1 heterocycles. The minimum absolute atomic E-state index is 0.00404. The second kappa shape index (κ2) is 6.36. The van der Waals surface area contributed by atoms with Gasteiger partial charge in [-0.05, 0) is 60.2 Å². The van der Waals surface area contributed by atoms with Gasteiger partial charge in [-0.15, -0.1) is 0 Å². The highest BCUT2D eigenvalue weighted by Crippen LogP contribution is 2.21. The maximum Gasteiger partial charge on any atom is 0.234 e. The zero-order valence-electron chi connectivity index (χ0n) is 10.3. The molecule has 0 radical (unpaired) electrons. The smallest absolute Gasteiger partial charge is 0.234 e. The molecular formula is C12H16FIN2O2S. The van der Waals surface area contributed by atoms with E-state index in [9.17, 15) is 12.8 Å². The van der Waals surface area contributed by atoms with Crippen molar-refractivity contribution < 1.29 is 12.8 Å². The molecule has 0 bridgehead atoms. The molecule has 0 amide bonds. The molecule has 1 atom stereocenters. The molecular weight excluding hydrogens is 382 g/mol. The van der Waals surface area contributed by atoms with Gasteiger partial charge in [0.2, 0.25) is 10.0 Å². The van der Waals surface area contributed by atoms with Crippen molar-refractivity contribution in [2.75, 3.05) is 17.0 Å². The van der Waals surface area contributed by atoms with Crippen molar-refractivity contribution >= 4 is 38.3 Å². The van der Waals surface area contributed by atoms with E-state index in [1.807, 2.05) is 22.6 Å². The van der Waals surface area contributed by atoms with Crippen molar-refractivity contribution in [3.05, 3.63) is 27.6 Å². The number of anilines is 1. The summed E-state index contributed by atoms with van der Waals surface area (Å²) < 4.78 is 40.1. The first-order chi connectivity index (χ1) is 8.96. The van der Waals surface area contributed by atoms with Crippen LogP contribution in [0.15, 0.2) is 18.2 Å². The van der Waals surface area contributed by atoms with Crippen molar-refractivity contribution in [2.45, 2.75) is 25.3 Å². The fourth-order valence-electron chi connectivity index (χ4n) is 2.11. The molecule has 4 nitrogen and oxygen atoms in total. The molecule has 2 rings (SSSR count). The summed E-state index contributed by atoms with van der Waals surface area (Å²) in [4.78, 5) is 0. The average Bonchev–Trinajstić information content (AvgIpc) is 2.33. The van der Waals surface area contributed by atoms with E-state index in [2.05, 4.69) is 10.0 Å². The fourth-order valence-corrected chi connectivity index (χ4v) is 4.32. The molecule has 0 aromatic heterocycles. The molecule has 106 valence electrons. The van der Waals surface area contributed by atoms with Gasteiger partial charge >= 0.3 is 0 Å². The minimum atomic E-state index is -3.41. The highest BCUT2D eigenvalue weighted by Gasteiger charge is 2.21. The van der Waals surface area contributed by atoms with Gasteiger partial charge in [0.25, 0.3) is 0 Å². The summed E-state index contributed by atoms with van der Waals surface area (Å²) in [6, 6.07) is 4.00. The Bertz CT molecular complexity index is 545. The van der Waals surface area contributed by atoms with Crippen molar-refractivity contribution in [3.63, 3.8) is 0 Å². The topological polar surface area (TPSA) is 58.2 Å². The van der Waals surface area contributed by atoms with Crippen molar-refractivity contribution in [3.8, 4) is 0 Å². The van der Waals surface area contributed by atoms with Gasteiger partial charge in [0.05, 0.1) is 11.4 Å². The molecule has 7 heteroatoms. The van der Waals surface area contributed by atoms with Gasteiger partial charge in [0.1, 0.15) is 5.82 Å². The van der Waals surface area contributed by atoms with Gasteiger partial charge in [0.15, 0.2) is 0 Å². The number of benzene rings is 1. The predicted octanol–water partition coefficient (Wildman–Crippen LogP) is 2.31. The number of rotatable bonds is 4. The Labute approximate surface area is 126 Å². The molecule has 19 heavy (non-hydrogen) atoms. The van der Waals surface area contributed by atoms with Crippen LogP contribution in [0.5, 0.6) is 0 Å². The summed E-state index contributed by atoms with van der Waals surface area (Å²) in [6.07, 6.45) is 3.03. The van der Waals surface area contributed by atoms with E-state index in [1.54, 1.807) is 0 Å². The molecule has 0 spiro atoms. The summed E-state index contributed by atoms with van der Waals surface area (Å²) >= 11 is 1.91. The lowest BCUT2D eigenvalue weighted by atomic mass is 10.1. The first-order valence-electron chi connectivity index (χ1n) is 6.15. The maximum atomic E-state index is 13.0. The molecule has 1 saturated heterocycles. The van der Waals surface area contributed by atoms with Crippen LogP contribution in [0, 0.1) is 9.39 Å². The summed E-state index contributed by atoms with van der Waals surface area (Å²) in [7, 11) is -3.41. The van der Waals surface area contributed by atoms with Crippen LogP contribution in [0.3, 0.4) is 0 Å². The number of hydrogen-bond donors (Lipinski definition) is 2. The molecule has 1 aliphatic rings. The van der Waals surface area contributed by atoms with Crippen LogP contribution in [0.1, 0.15) is 19.3 Å². The third-order valence-electron chi connectivity index (χ3n) is 3.03. The lowest BCUT2D eigenvalue weighted by Crippen LogP contribution is -2.40. The highest BCUT2D eigenvalue weighted by atomic mass is 127. The molecule has 2 N–H and O–H groups in total. The van der Waals surface area contributed by atoms with Crippen molar-refractivity contribution in [1.82, 2.24) is 5.32 Å². The van der Waals surface area contributed by atoms with E-state index in [0.29, 0.717) is 9.26 Å². The number of hydrogen-bond acceptors (Lipinski definition) is 3. The first kappa shape index (κ1) is 15.0. The molecule has 0 saturated carbocycles. The number of piperidine rings is 1. The zero-order chi connectivity index (χ0) is 13.9. The predicted molar refractivity (Wildman–Crippen MR) is 82.2 cm³/mol. The van der Waals surface area contributed by atoms with Crippen LogP contribution in [0.25, 0.3) is 0 Å². The van der Waals surface area contributed by atoms with Crippen molar-refractivity contribution in [1.29, 1.82) is 0 Å². The number of sulfonamides is 1. The van der Waals surface area contributed by atoms with E-state index >= 15 is 0 Å². The lowest BCUT2D eigenvalue weighted by Gasteiger charge is -2.23. The molecule has 1 aromatic carbocycles. The summed E-state index contributed by atoms with van der Waals surface area (Å²) in [5, 5.41) is 3.20. The van der Waals surface area contributed by atoms with Gasteiger partial charge in [-0.3, -0.25) is 4.72 Å². The third kappa shape index (κ3) is 4.57. The lowest BCUT2D eigenvalue weighted by molar-refractivity contribution is 0.424. The number of halogens is 2. The minimum Gasteiger partial charge on any atom is -0.313 e. The van der Waals surface area contributed by atoms with Gasteiger partial charge in [-0.25, -0.2) is 12.8 Å². The monoisotopic (exact) mass is 398 g/mol. The Balaban J connectivity index is 2.03. The van der Waals surface area contributed by atoms with E-state index in [0.717, 1.165) is 25.8 Å². The Morgan fingerprint density at radius 2 is 2.21 bits per heavy atom. The largest absolute Gasteiger partial charge is 0.313 e. The second-order valence-corrected chi connectivity index (χ2v) is 7.58. The van der Waals surface area contributed by atoms with Gasteiger partial charge in [-0.1, -0.05) is 6.42 Å². The van der Waals surface area contributed by atoms with Crippen LogP contribution in [0.4, 0.5) is 10.1 Å². The molecule has 1 unspecified atom stereocenters. The maximum absolute atomic E-state index is 13.0. The number of nitrogens with one attached hydrogen (secondary N) is 2. The van der Waals surface area contributed by atoms with Crippen LogP contribution in [-0.4, -0.2) is 26.8 Å².